The molecule has 0 fully saturated rings. The lowest BCUT2D eigenvalue weighted by Gasteiger charge is -2.27. The highest BCUT2D eigenvalue weighted by atomic mass is 14.4. The van der Waals surface area contributed by atoms with E-state index in [0.717, 1.165) is 0 Å². The topological polar surface area (TPSA) is 0 Å². The second kappa shape index (κ2) is 7.15. The summed E-state index contributed by atoms with van der Waals surface area (Å²) in [6.07, 6.45) is 2.22. The van der Waals surface area contributed by atoms with Gasteiger partial charge in [0.2, 0.25) is 0 Å². The van der Waals surface area contributed by atoms with Gasteiger partial charge in [0.15, 0.2) is 0 Å². The van der Waals surface area contributed by atoms with Gasteiger partial charge in [-0.2, -0.15) is 0 Å². The summed E-state index contributed by atoms with van der Waals surface area (Å²) in [5.74, 6) is 0.899. The molecule has 1 aliphatic rings. The molecule has 2 atom stereocenters. The van der Waals surface area contributed by atoms with Gasteiger partial charge in [-0.25, -0.2) is 0 Å². The first-order chi connectivity index (χ1) is 12.7. The van der Waals surface area contributed by atoms with Crippen molar-refractivity contribution in [2.75, 3.05) is 0 Å². The Morgan fingerprint density at radius 3 is 2.19 bits per heavy atom. The van der Waals surface area contributed by atoms with Crippen LogP contribution in [-0.4, -0.2) is 0 Å². The van der Waals surface area contributed by atoms with Crippen LogP contribution >= 0.6 is 0 Å². The third-order valence-electron chi connectivity index (χ3n) is 6.64. The first kappa shape index (κ1) is 19.7. The Balaban J connectivity index is 2.19. The minimum atomic E-state index is 0.167. The summed E-state index contributed by atoms with van der Waals surface area (Å²) in [6, 6.07) is 16.1. The average Bonchev–Trinajstić information content (AvgIpc) is 2.98. The summed E-state index contributed by atoms with van der Waals surface area (Å²) in [4.78, 5) is 0. The molecule has 0 N–H and O–H groups in total. The molecule has 2 aromatic rings. The van der Waals surface area contributed by atoms with Crippen molar-refractivity contribution in [3.8, 4) is 11.1 Å². The Bertz CT molecular complexity index is 915. The van der Waals surface area contributed by atoms with E-state index >= 15 is 0 Å². The quantitative estimate of drug-likeness (QED) is 0.487. The highest BCUT2D eigenvalue weighted by Gasteiger charge is 2.34. The monoisotopic (exact) mass is 358 g/mol. The molecule has 2 aromatic carbocycles. The molecule has 0 amide bonds. The summed E-state index contributed by atoms with van der Waals surface area (Å²) < 4.78 is 0. The van der Waals surface area contributed by atoms with Crippen LogP contribution in [0.4, 0.5) is 0 Å². The van der Waals surface area contributed by atoms with Crippen LogP contribution in [0.2, 0.25) is 0 Å². The molecule has 142 valence electrons. The third-order valence-corrected chi connectivity index (χ3v) is 6.64. The Labute approximate surface area is 166 Å². The summed E-state index contributed by atoms with van der Waals surface area (Å²) >= 11 is 0. The molecule has 0 bridgehead atoms. The third kappa shape index (κ3) is 3.43. The minimum absolute atomic E-state index is 0.167. The van der Waals surface area contributed by atoms with Crippen molar-refractivity contribution >= 4 is 0 Å². The lowest BCUT2D eigenvalue weighted by molar-refractivity contribution is 0.577. The van der Waals surface area contributed by atoms with E-state index in [0.29, 0.717) is 11.8 Å². The van der Waals surface area contributed by atoms with E-state index in [1.165, 1.54) is 44.5 Å². The molecule has 0 heterocycles. The van der Waals surface area contributed by atoms with Gasteiger partial charge < -0.3 is 0 Å². The average molecular weight is 359 g/mol. The zero-order valence-corrected chi connectivity index (χ0v) is 18.3. The van der Waals surface area contributed by atoms with Crippen LogP contribution in [0.25, 0.3) is 11.1 Å². The Morgan fingerprint density at radius 1 is 0.926 bits per heavy atom. The molecule has 0 aromatic heterocycles. The fourth-order valence-corrected chi connectivity index (χ4v) is 4.37. The van der Waals surface area contributed by atoms with E-state index in [9.17, 15) is 0 Å². The summed E-state index contributed by atoms with van der Waals surface area (Å²) in [6.45, 7) is 18.3. The van der Waals surface area contributed by atoms with E-state index in [-0.39, 0.29) is 5.41 Å². The van der Waals surface area contributed by atoms with Crippen molar-refractivity contribution < 1.29 is 0 Å². The number of allylic oxidation sites excluding steroid dienone is 4. The zero-order valence-electron chi connectivity index (χ0n) is 18.3. The van der Waals surface area contributed by atoms with Crippen LogP contribution in [0.15, 0.2) is 65.3 Å². The molecule has 0 aliphatic heterocycles. The minimum Gasteiger partial charge on any atom is -0.0845 e. The van der Waals surface area contributed by atoms with Gasteiger partial charge in [0.1, 0.15) is 0 Å². The predicted octanol–water partition coefficient (Wildman–Crippen LogP) is 8.04. The first-order valence-corrected chi connectivity index (χ1v) is 10.2. The Morgan fingerprint density at radius 2 is 1.56 bits per heavy atom. The van der Waals surface area contributed by atoms with Gasteiger partial charge in [-0.1, -0.05) is 87.4 Å². The van der Waals surface area contributed by atoms with Crippen LogP contribution in [-0.2, 0) is 5.41 Å². The molecular weight excluding hydrogens is 324 g/mol. The van der Waals surface area contributed by atoms with Crippen molar-refractivity contribution in [3.05, 3.63) is 82.0 Å². The molecule has 0 heteroatoms. The summed E-state index contributed by atoms with van der Waals surface area (Å²) in [5, 5.41) is 0. The van der Waals surface area contributed by atoms with Crippen molar-refractivity contribution in [3.63, 3.8) is 0 Å². The maximum Gasteiger partial charge on any atom is 0.0165 e. The largest absolute Gasteiger partial charge is 0.0845 e. The van der Waals surface area contributed by atoms with Crippen molar-refractivity contribution in [2.45, 2.75) is 66.7 Å². The highest BCUT2D eigenvalue weighted by Crippen LogP contribution is 2.51. The number of benzene rings is 2. The van der Waals surface area contributed by atoms with Gasteiger partial charge in [-0.15, -0.1) is 0 Å². The van der Waals surface area contributed by atoms with Gasteiger partial charge in [-0.05, 0) is 72.4 Å². The van der Waals surface area contributed by atoms with Crippen LogP contribution in [0.5, 0.6) is 0 Å². The van der Waals surface area contributed by atoms with Crippen molar-refractivity contribution in [1.82, 2.24) is 0 Å². The first-order valence-electron chi connectivity index (χ1n) is 10.2. The smallest absolute Gasteiger partial charge is 0.0165 e. The van der Waals surface area contributed by atoms with Gasteiger partial charge >= 0.3 is 0 Å². The molecule has 0 saturated carbocycles. The van der Waals surface area contributed by atoms with Crippen LogP contribution in [0.3, 0.4) is 0 Å². The SMILES string of the molecule is CC=C(C)C(C)=C(C)C(C)C1c2ccccc2-c2ccc(C(C)(C)C)cc21. The Kier molecular flexibility index (Phi) is 5.21. The molecule has 0 spiro atoms. The molecular formula is C27H34. The van der Waals surface area contributed by atoms with E-state index < -0.39 is 0 Å². The maximum atomic E-state index is 2.47. The van der Waals surface area contributed by atoms with Gasteiger partial charge in [0.25, 0.3) is 0 Å². The van der Waals surface area contributed by atoms with E-state index in [2.05, 4.69) is 104 Å². The van der Waals surface area contributed by atoms with E-state index in [1.54, 1.807) is 0 Å². The number of rotatable bonds is 3. The number of fused-ring (bicyclic) bond motifs is 3. The van der Waals surface area contributed by atoms with Crippen LogP contribution in [0, 0.1) is 5.92 Å². The fourth-order valence-electron chi connectivity index (χ4n) is 4.37. The molecule has 0 saturated heterocycles. The van der Waals surface area contributed by atoms with Crippen molar-refractivity contribution in [1.29, 1.82) is 0 Å². The van der Waals surface area contributed by atoms with Crippen LogP contribution in [0.1, 0.15) is 78.0 Å². The second-order valence-electron chi connectivity index (χ2n) is 9.19. The predicted molar refractivity (Wildman–Crippen MR) is 119 cm³/mol. The van der Waals surface area contributed by atoms with E-state index in [4.69, 9.17) is 0 Å². The molecule has 2 unspecified atom stereocenters. The van der Waals surface area contributed by atoms with Crippen molar-refractivity contribution in [2.24, 2.45) is 5.92 Å². The number of hydrogen-bond donors (Lipinski definition) is 0. The van der Waals surface area contributed by atoms with Crippen LogP contribution < -0.4 is 0 Å². The zero-order chi connectivity index (χ0) is 19.9. The van der Waals surface area contributed by atoms with E-state index in [1.807, 2.05) is 0 Å². The Hall–Kier alpha value is -2.08. The molecule has 0 radical (unpaired) electrons. The number of hydrogen-bond acceptors (Lipinski definition) is 0. The molecule has 0 nitrogen and oxygen atoms in total. The molecule has 27 heavy (non-hydrogen) atoms. The summed E-state index contributed by atoms with van der Waals surface area (Å²) in [7, 11) is 0. The normalized spacial score (nSPS) is 18.7. The standard InChI is InChI=1S/C27H34/c1-9-17(2)18(3)19(4)20(5)26-24-13-11-10-12-22(24)23-15-14-21(16-25(23)26)27(6,7)8/h9-16,20,26H,1-8H3. The molecule has 3 rings (SSSR count). The fraction of sp³-hybridized carbons (Fsp3) is 0.407. The maximum absolute atomic E-state index is 2.47. The van der Waals surface area contributed by atoms with Gasteiger partial charge in [-0.3, -0.25) is 0 Å². The summed E-state index contributed by atoms with van der Waals surface area (Å²) in [5.41, 5.74) is 11.7. The second-order valence-corrected chi connectivity index (χ2v) is 9.19. The van der Waals surface area contributed by atoms with Gasteiger partial charge in [0.05, 0.1) is 0 Å². The lowest BCUT2D eigenvalue weighted by Crippen LogP contribution is -2.14. The highest BCUT2D eigenvalue weighted by molar-refractivity contribution is 5.79. The molecule has 1 aliphatic carbocycles. The van der Waals surface area contributed by atoms with Gasteiger partial charge in [0, 0.05) is 5.92 Å². The lowest BCUT2D eigenvalue weighted by atomic mass is 9.77.